The van der Waals surface area contributed by atoms with Crippen LogP contribution >= 0.6 is 0 Å². The maximum Gasteiger partial charge on any atom is 0.291 e. The SMILES string of the molecule is O=C(NC1CCCCCC1)c1n[nH]c(CCc2ccccc2)n1. The molecule has 1 aromatic carbocycles. The molecule has 0 unspecified atom stereocenters. The molecule has 122 valence electrons. The van der Waals surface area contributed by atoms with Gasteiger partial charge in [-0.2, -0.15) is 0 Å². The van der Waals surface area contributed by atoms with Crippen LogP contribution in [0.3, 0.4) is 0 Å². The summed E-state index contributed by atoms with van der Waals surface area (Å²) < 4.78 is 0. The number of carbonyl (C=O) groups excluding carboxylic acids is 1. The quantitative estimate of drug-likeness (QED) is 0.834. The predicted octanol–water partition coefficient (Wildman–Crippen LogP) is 3.04. The van der Waals surface area contributed by atoms with Crippen LogP contribution in [-0.2, 0) is 12.8 Å². The van der Waals surface area contributed by atoms with Crippen molar-refractivity contribution in [3.8, 4) is 0 Å². The van der Waals surface area contributed by atoms with E-state index in [1.807, 2.05) is 18.2 Å². The van der Waals surface area contributed by atoms with E-state index < -0.39 is 0 Å². The Morgan fingerprint density at radius 3 is 2.57 bits per heavy atom. The van der Waals surface area contributed by atoms with Gasteiger partial charge in [-0.05, 0) is 24.8 Å². The van der Waals surface area contributed by atoms with E-state index in [1.54, 1.807) is 0 Å². The van der Waals surface area contributed by atoms with Gasteiger partial charge in [-0.3, -0.25) is 9.89 Å². The molecule has 0 bridgehead atoms. The van der Waals surface area contributed by atoms with E-state index in [9.17, 15) is 4.79 Å². The second kappa shape index (κ2) is 7.90. The number of aromatic nitrogens is 3. The lowest BCUT2D eigenvalue weighted by Gasteiger charge is -2.14. The van der Waals surface area contributed by atoms with Gasteiger partial charge in [-0.15, -0.1) is 5.10 Å². The molecule has 5 heteroatoms. The van der Waals surface area contributed by atoms with Crippen molar-refractivity contribution in [2.24, 2.45) is 0 Å². The highest BCUT2D eigenvalue weighted by Gasteiger charge is 2.18. The van der Waals surface area contributed by atoms with Gasteiger partial charge in [0.1, 0.15) is 5.82 Å². The first-order valence-electron chi connectivity index (χ1n) is 8.57. The number of aryl methyl sites for hydroxylation is 2. The van der Waals surface area contributed by atoms with Crippen LogP contribution in [0.1, 0.15) is 60.5 Å². The number of benzene rings is 1. The van der Waals surface area contributed by atoms with Gasteiger partial charge >= 0.3 is 0 Å². The molecule has 1 heterocycles. The van der Waals surface area contributed by atoms with E-state index in [0.717, 1.165) is 31.5 Å². The molecule has 1 fully saturated rings. The highest BCUT2D eigenvalue weighted by molar-refractivity contribution is 5.90. The van der Waals surface area contributed by atoms with Crippen molar-refractivity contribution in [3.05, 3.63) is 47.5 Å². The first-order chi connectivity index (χ1) is 11.3. The minimum absolute atomic E-state index is 0.154. The summed E-state index contributed by atoms with van der Waals surface area (Å²) in [6.45, 7) is 0. The van der Waals surface area contributed by atoms with Crippen LogP contribution in [0, 0.1) is 0 Å². The fraction of sp³-hybridized carbons (Fsp3) is 0.500. The van der Waals surface area contributed by atoms with Gasteiger partial charge in [-0.25, -0.2) is 4.98 Å². The Morgan fingerprint density at radius 1 is 1.09 bits per heavy atom. The minimum Gasteiger partial charge on any atom is -0.347 e. The fourth-order valence-electron chi connectivity index (χ4n) is 3.09. The third-order valence-corrected chi connectivity index (χ3v) is 4.42. The summed E-state index contributed by atoms with van der Waals surface area (Å²) in [6, 6.07) is 10.5. The van der Waals surface area contributed by atoms with Gasteiger partial charge in [-0.1, -0.05) is 56.0 Å². The molecule has 0 radical (unpaired) electrons. The van der Waals surface area contributed by atoms with Gasteiger partial charge in [0.15, 0.2) is 0 Å². The summed E-state index contributed by atoms with van der Waals surface area (Å²) in [5, 5.41) is 10.0. The van der Waals surface area contributed by atoms with Gasteiger partial charge < -0.3 is 5.32 Å². The van der Waals surface area contributed by atoms with E-state index in [1.165, 1.54) is 31.2 Å². The summed E-state index contributed by atoms with van der Waals surface area (Å²) in [4.78, 5) is 16.6. The Kier molecular flexibility index (Phi) is 5.40. The molecule has 1 aliphatic rings. The maximum absolute atomic E-state index is 12.3. The Balaban J connectivity index is 1.52. The lowest BCUT2D eigenvalue weighted by molar-refractivity contribution is 0.0923. The molecule has 0 aliphatic heterocycles. The monoisotopic (exact) mass is 312 g/mol. The number of carbonyl (C=O) groups is 1. The van der Waals surface area contributed by atoms with Crippen molar-refractivity contribution in [1.29, 1.82) is 0 Å². The number of hydrogen-bond donors (Lipinski definition) is 2. The molecule has 1 saturated carbocycles. The third-order valence-electron chi connectivity index (χ3n) is 4.42. The Hall–Kier alpha value is -2.17. The highest BCUT2D eigenvalue weighted by Crippen LogP contribution is 2.17. The van der Waals surface area contributed by atoms with Crippen molar-refractivity contribution in [1.82, 2.24) is 20.5 Å². The van der Waals surface area contributed by atoms with Crippen LogP contribution in [0.25, 0.3) is 0 Å². The predicted molar refractivity (Wildman–Crippen MR) is 89.2 cm³/mol. The Bertz CT molecular complexity index is 615. The molecule has 0 saturated heterocycles. The van der Waals surface area contributed by atoms with E-state index in [2.05, 4.69) is 32.6 Å². The third kappa shape index (κ3) is 4.65. The zero-order chi connectivity index (χ0) is 15.9. The first-order valence-corrected chi connectivity index (χ1v) is 8.57. The lowest BCUT2D eigenvalue weighted by Crippen LogP contribution is -2.35. The van der Waals surface area contributed by atoms with Crippen LogP contribution in [0.2, 0.25) is 0 Å². The first kappa shape index (κ1) is 15.7. The number of hydrogen-bond acceptors (Lipinski definition) is 3. The normalized spacial score (nSPS) is 16.0. The highest BCUT2D eigenvalue weighted by atomic mass is 16.2. The summed E-state index contributed by atoms with van der Waals surface area (Å²) >= 11 is 0. The standard InChI is InChI=1S/C18H24N4O/c23-18(19-15-10-6-1-2-7-11-15)17-20-16(21-22-17)13-12-14-8-4-3-5-9-14/h3-5,8-9,15H,1-2,6-7,10-13H2,(H,19,23)(H,20,21,22). The molecule has 2 aromatic rings. The van der Waals surface area contributed by atoms with Crippen molar-refractivity contribution < 1.29 is 4.79 Å². The van der Waals surface area contributed by atoms with Crippen LogP contribution in [-0.4, -0.2) is 27.1 Å². The van der Waals surface area contributed by atoms with E-state index in [-0.39, 0.29) is 17.8 Å². The zero-order valence-electron chi connectivity index (χ0n) is 13.4. The summed E-state index contributed by atoms with van der Waals surface area (Å²) in [6.07, 6.45) is 8.72. The number of H-pyrrole nitrogens is 1. The van der Waals surface area contributed by atoms with Crippen molar-refractivity contribution in [3.63, 3.8) is 0 Å². The van der Waals surface area contributed by atoms with E-state index in [0.29, 0.717) is 0 Å². The second-order valence-electron chi connectivity index (χ2n) is 6.25. The molecule has 2 N–H and O–H groups in total. The molecule has 0 atom stereocenters. The molecular formula is C18H24N4O. The van der Waals surface area contributed by atoms with Crippen molar-refractivity contribution >= 4 is 5.91 Å². The topological polar surface area (TPSA) is 70.7 Å². The fourth-order valence-corrected chi connectivity index (χ4v) is 3.09. The lowest BCUT2D eigenvalue weighted by atomic mass is 10.1. The number of nitrogens with one attached hydrogen (secondary N) is 2. The van der Waals surface area contributed by atoms with Gasteiger partial charge in [0.25, 0.3) is 5.91 Å². The van der Waals surface area contributed by atoms with E-state index >= 15 is 0 Å². The Labute approximate surface area is 136 Å². The summed E-state index contributed by atoms with van der Waals surface area (Å²) in [7, 11) is 0. The molecule has 3 rings (SSSR count). The zero-order valence-corrected chi connectivity index (χ0v) is 13.4. The number of amides is 1. The summed E-state index contributed by atoms with van der Waals surface area (Å²) in [5.74, 6) is 0.872. The largest absolute Gasteiger partial charge is 0.347 e. The van der Waals surface area contributed by atoms with Crippen LogP contribution in [0.15, 0.2) is 30.3 Å². The molecule has 23 heavy (non-hydrogen) atoms. The molecule has 1 aromatic heterocycles. The van der Waals surface area contributed by atoms with E-state index in [4.69, 9.17) is 0 Å². The number of aromatic amines is 1. The minimum atomic E-state index is -0.154. The molecule has 0 spiro atoms. The molecule has 1 amide bonds. The number of rotatable bonds is 5. The average molecular weight is 312 g/mol. The summed E-state index contributed by atoms with van der Waals surface area (Å²) in [5.41, 5.74) is 1.26. The van der Waals surface area contributed by atoms with Gasteiger partial charge in [0, 0.05) is 12.5 Å². The van der Waals surface area contributed by atoms with Gasteiger partial charge in [0.2, 0.25) is 5.82 Å². The Morgan fingerprint density at radius 2 is 1.83 bits per heavy atom. The average Bonchev–Trinajstić information content (AvgIpc) is 2.92. The molecule has 1 aliphatic carbocycles. The van der Waals surface area contributed by atoms with Gasteiger partial charge in [0.05, 0.1) is 0 Å². The van der Waals surface area contributed by atoms with Crippen LogP contribution in [0.4, 0.5) is 0 Å². The maximum atomic E-state index is 12.3. The molecular weight excluding hydrogens is 288 g/mol. The second-order valence-corrected chi connectivity index (χ2v) is 6.25. The smallest absolute Gasteiger partial charge is 0.291 e. The van der Waals surface area contributed by atoms with Crippen LogP contribution < -0.4 is 5.32 Å². The molecule has 5 nitrogen and oxygen atoms in total. The van der Waals surface area contributed by atoms with Crippen molar-refractivity contribution in [2.45, 2.75) is 57.4 Å². The van der Waals surface area contributed by atoms with Crippen LogP contribution in [0.5, 0.6) is 0 Å². The van der Waals surface area contributed by atoms with Crippen molar-refractivity contribution in [2.75, 3.05) is 0 Å². The number of nitrogens with zero attached hydrogens (tertiary/aromatic N) is 2.